The van der Waals surface area contributed by atoms with Gasteiger partial charge in [0, 0.05) is 21.8 Å². The molecule has 2 heterocycles. The molecule has 0 saturated carbocycles. The molecule has 4 rings (SSSR count). The molecule has 1 aliphatic heterocycles. The van der Waals surface area contributed by atoms with Crippen molar-refractivity contribution in [2.75, 3.05) is 0 Å². The maximum atomic E-state index is 14.7. The van der Waals surface area contributed by atoms with Gasteiger partial charge in [-0.15, -0.1) is 0 Å². The average Bonchev–Trinajstić information content (AvgIpc) is 2.90. The first kappa shape index (κ1) is 15.0. The fourth-order valence-corrected chi connectivity index (χ4v) is 3.69. The van der Waals surface area contributed by atoms with E-state index in [2.05, 4.69) is 20.9 Å². The SMILES string of the molecule is NC1=NC(c2cccc(Br)c2)(c2ccncc2F)c2ccccc21. The van der Waals surface area contributed by atoms with Crippen LogP contribution in [0, 0.1) is 5.82 Å². The minimum atomic E-state index is -1.02. The Kier molecular flexibility index (Phi) is 3.46. The zero-order valence-corrected chi connectivity index (χ0v) is 14.2. The van der Waals surface area contributed by atoms with Gasteiger partial charge in [0.05, 0.1) is 6.20 Å². The predicted octanol–water partition coefficient (Wildman–Crippen LogP) is 3.99. The Morgan fingerprint density at radius 1 is 1.00 bits per heavy atom. The van der Waals surface area contributed by atoms with Crippen LogP contribution in [-0.4, -0.2) is 10.8 Å². The van der Waals surface area contributed by atoms with Crippen molar-refractivity contribution in [3.63, 3.8) is 0 Å². The summed E-state index contributed by atoms with van der Waals surface area (Å²) in [7, 11) is 0. The highest BCUT2D eigenvalue weighted by atomic mass is 79.9. The van der Waals surface area contributed by atoms with Crippen molar-refractivity contribution < 1.29 is 4.39 Å². The van der Waals surface area contributed by atoms with E-state index in [4.69, 9.17) is 10.7 Å². The van der Waals surface area contributed by atoms with E-state index in [1.54, 1.807) is 12.3 Å². The highest BCUT2D eigenvalue weighted by Crippen LogP contribution is 2.46. The first-order chi connectivity index (χ1) is 11.6. The third-order valence-corrected chi connectivity index (χ3v) is 4.78. The summed E-state index contributed by atoms with van der Waals surface area (Å²) in [5.41, 5.74) is 8.14. The van der Waals surface area contributed by atoms with Crippen molar-refractivity contribution in [1.29, 1.82) is 0 Å². The molecule has 0 bridgehead atoms. The largest absolute Gasteiger partial charge is 0.383 e. The number of aliphatic imine (C=N–C) groups is 1. The van der Waals surface area contributed by atoms with Crippen LogP contribution in [0.25, 0.3) is 0 Å². The number of benzene rings is 2. The Morgan fingerprint density at radius 3 is 2.62 bits per heavy atom. The number of nitrogens with zero attached hydrogens (tertiary/aromatic N) is 2. The van der Waals surface area contributed by atoms with Gasteiger partial charge in [0.25, 0.3) is 0 Å². The molecular formula is C19H13BrFN3. The molecule has 0 saturated heterocycles. The fraction of sp³-hybridized carbons (Fsp3) is 0.0526. The molecule has 1 atom stereocenters. The van der Waals surface area contributed by atoms with Crippen LogP contribution in [0.4, 0.5) is 4.39 Å². The lowest BCUT2D eigenvalue weighted by atomic mass is 9.78. The highest BCUT2D eigenvalue weighted by Gasteiger charge is 2.44. The van der Waals surface area contributed by atoms with Gasteiger partial charge in [-0.25, -0.2) is 9.38 Å². The van der Waals surface area contributed by atoms with E-state index >= 15 is 0 Å². The number of hydrogen-bond acceptors (Lipinski definition) is 3. The van der Waals surface area contributed by atoms with Gasteiger partial charge in [0.1, 0.15) is 17.2 Å². The molecule has 1 aromatic heterocycles. The molecule has 0 aliphatic carbocycles. The smallest absolute Gasteiger partial charge is 0.147 e. The summed E-state index contributed by atoms with van der Waals surface area (Å²) < 4.78 is 15.6. The van der Waals surface area contributed by atoms with E-state index in [1.165, 1.54) is 6.20 Å². The second-order valence-corrected chi connectivity index (χ2v) is 6.53. The summed E-state index contributed by atoms with van der Waals surface area (Å²) in [5, 5.41) is 0. The van der Waals surface area contributed by atoms with E-state index in [-0.39, 0.29) is 0 Å². The molecule has 24 heavy (non-hydrogen) atoms. The number of fused-ring (bicyclic) bond motifs is 1. The molecule has 1 unspecified atom stereocenters. The number of nitrogens with two attached hydrogens (primary N) is 1. The molecular weight excluding hydrogens is 369 g/mol. The molecule has 2 N–H and O–H groups in total. The molecule has 5 heteroatoms. The second kappa shape index (κ2) is 5.53. The number of amidine groups is 1. The van der Waals surface area contributed by atoms with Crippen LogP contribution in [0.1, 0.15) is 22.3 Å². The summed E-state index contributed by atoms with van der Waals surface area (Å²) in [6.07, 6.45) is 2.78. The van der Waals surface area contributed by atoms with Crippen LogP contribution >= 0.6 is 15.9 Å². The van der Waals surface area contributed by atoms with E-state index in [1.807, 2.05) is 48.5 Å². The van der Waals surface area contributed by atoms with Crippen molar-refractivity contribution in [3.8, 4) is 0 Å². The van der Waals surface area contributed by atoms with Crippen LogP contribution in [0.3, 0.4) is 0 Å². The van der Waals surface area contributed by atoms with Gasteiger partial charge >= 0.3 is 0 Å². The van der Waals surface area contributed by atoms with Crippen molar-refractivity contribution >= 4 is 21.8 Å². The summed E-state index contributed by atoms with van der Waals surface area (Å²) in [6, 6.07) is 17.0. The number of aromatic nitrogens is 1. The Labute approximate surface area is 147 Å². The molecule has 0 spiro atoms. The van der Waals surface area contributed by atoms with Crippen LogP contribution in [0.2, 0.25) is 0 Å². The minimum Gasteiger partial charge on any atom is -0.383 e. The topological polar surface area (TPSA) is 51.3 Å². The Bertz CT molecular complexity index is 970. The summed E-state index contributed by atoms with van der Waals surface area (Å²) >= 11 is 3.49. The van der Waals surface area contributed by atoms with Crippen LogP contribution in [0.5, 0.6) is 0 Å². The summed E-state index contributed by atoms with van der Waals surface area (Å²) in [5.74, 6) is -0.00693. The minimum absolute atomic E-state index is 0.404. The van der Waals surface area contributed by atoms with E-state index in [0.717, 1.165) is 21.2 Å². The molecule has 0 radical (unpaired) electrons. The van der Waals surface area contributed by atoms with Crippen molar-refractivity contribution in [1.82, 2.24) is 4.98 Å². The van der Waals surface area contributed by atoms with Crippen molar-refractivity contribution in [3.05, 3.63) is 99.5 Å². The number of hydrogen-bond donors (Lipinski definition) is 1. The number of pyridine rings is 1. The number of halogens is 2. The predicted molar refractivity (Wildman–Crippen MR) is 95.4 cm³/mol. The maximum Gasteiger partial charge on any atom is 0.147 e. The van der Waals surface area contributed by atoms with Gasteiger partial charge in [0.15, 0.2) is 0 Å². The maximum absolute atomic E-state index is 14.7. The normalized spacial score (nSPS) is 19.0. The molecule has 0 amide bonds. The van der Waals surface area contributed by atoms with E-state index < -0.39 is 11.4 Å². The number of rotatable bonds is 2. The van der Waals surface area contributed by atoms with Gasteiger partial charge in [-0.05, 0) is 29.3 Å². The zero-order chi connectivity index (χ0) is 16.7. The van der Waals surface area contributed by atoms with Gasteiger partial charge in [-0.3, -0.25) is 4.98 Å². The van der Waals surface area contributed by atoms with Crippen LogP contribution in [-0.2, 0) is 5.54 Å². The van der Waals surface area contributed by atoms with Crippen LogP contribution < -0.4 is 5.73 Å². The quantitative estimate of drug-likeness (QED) is 0.729. The molecule has 2 aromatic carbocycles. The summed E-state index contributed by atoms with van der Waals surface area (Å²) in [6.45, 7) is 0. The van der Waals surface area contributed by atoms with Crippen molar-refractivity contribution in [2.24, 2.45) is 10.7 Å². The van der Waals surface area contributed by atoms with Gasteiger partial charge in [-0.2, -0.15) is 0 Å². The molecule has 1 aliphatic rings. The van der Waals surface area contributed by atoms with Gasteiger partial charge < -0.3 is 5.73 Å². The summed E-state index contributed by atoms with van der Waals surface area (Å²) in [4.78, 5) is 8.61. The first-order valence-electron chi connectivity index (χ1n) is 7.44. The van der Waals surface area contributed by atoms with Gasteiger partial charge in [0.2, 0.25) is 0 Å². The third kappa shape index (κ3) is 2.08. The van der Waals surface area contributed by atoms with Crippen LogP contribution in [0.15, 0.2) is 76.5 Å². The first-order valence-corrected chi connectivity index (χ1v) is 8.23. The second-order valence-electron chi connectivity index (χ2n) is 5.62. The van der Waals surface area contributed by atoms with Crippen molar-refractivity contribution in [2.45, 2.75) is 5.54 Å². The lowest BCUT2D eigenvalue weighted by Crippen LogP contribution is -2.27. The molecule has 0 fully saturated rings. The monoisotopic (exact) mass is 381 g/mol. The lowest BCUT2D eigenvalue weighted by molar-refractivity contribution is 0.555. The molecule has 3 aromatic rings. The Hall–Kier alpha value is -2.53. The standard InChI is InChI=1S/C19H13BrFN3/c20-13-5-3-4-12(10-13)19(16-8-9-23-11-17(16)21)15-7-2-1-6-14(15)18(22)24-19/h1-11H,(H2,22,24). The van der Waals surface area contributed by atoms with E-state index in [9.17, 15) is 4.39 Å². The molecule has 118 valence electrons. The Balaban J connectivity index is 2.12. The third-order valence-electron chi connectivity index (χ3n) is 4.29. The zero-order valence-electron chi connectivity index (χ0n) is 12.6. The fourth-order valence-electron chi connectivity index (χ4n) is 3.29. The highest BCUT2D eigenvalue weighted by molar-refractivity contribution is 9.10. The average molecular weight is 382 g/mol. The van der Waals surface area contributed by atoms with E-state index in [0.29, 0.717) is 11.4 Å². The lowest BCUT2D eigenvalue weighted by Gasteiger charge is -2.29. The molecule has 3 nitrogen and oxygen atoms in total. The Morgan fingerprint density at radius 2 is 1.83 bits per heavy atom. The van der Waals surface area contributed by atoms with Gasteiger partial charge in [-0.1, -0.05) is 52.3 Å².